The minimum atomic E-state index is 0.416. The molecule has 3 nitrogen and oxygen atoms in total. The van der Waals surface area contributed by atoms with Gasteiger partial charge in [-0.25, -0.2) is 0 Å². The lowest BCUT2D eigenvalue weighted by Crippen LogP contribution is -2.21. The summed E-state index contributed by atoms with van der Waals surface area (Å²) >= 11 is 5.11. The van der Waals surface area contributed by atoms with Crippen LogP contribution in [0.15, 0.2) is 24.3 Å². The molecule has 0 aliphatic heterocycles. The molecule has 0 amide bonds. The summed E-state index contributed by atoms with van der Waals surface area (Å²) in [5.74, 6) is 1.46. The van der Waals surface area contributed by atoms with E-state index in [0.29, 0.717) is 10.7 Å². The third-order valence-electron chi connectivity index (χ3n) is 3.08. The molecule has 1 aliphatic rings. The van der Waals surface area contributed by atoms with Gasteiger partial charge in [-0.15, -0.1) is 0 Å². The van der Waals surface area contributed by atoms with Crippen molar-refractivity contribution in [3.05, 3.63) is 46.0 Å². The fraction of sp³-hybridized carbons (Fsp3) is 0.273. The van der Waals surface area contributed by atoms with Gasteiger partial charge in [0.2, 0.25) is 0 Å². The van der Waals surface area contributed by atoms with Crippen LogP contribution >= 0.6 is 12.2 Å². The normalized spacial score (nSPS) is 18.3. The third-order valence-corrected chi connectivity index (χ3v) is 3.45. The molecule has 0 bridgehead atoms. The van der Waals surface area contributed by atoms with Crippen LogP contribution in [0.25, 0.3) is 0 Å². The van der Waals surface area contributed by atoms with Gasteiger partial charge in [0.1, 0.15) is 5.82 Å². The lowest BCUT2D eigenvalue weighted by Gasteiger charge is -2.28. The molecule has 4 heteroatoms. The molecule has 1 aromatic heterocycles. The Hall–Kier alpha value is -1.42. The quantitative estimate of drug-likeness (QED) is 0.743. The number of rotatable bonds is 1. The van der Waals surface area contributed by atoms with Crippen molar-refractivity contribution in [1.82, 2.24) is 14.8 Å². The Morgan fingerprint density at radius 3 is 2.93 bits per heavy atom. The number of benzene rings is 1. The first-order valence-corrected chi connectivity index (χ1v) is 5.37. The van der Waals surface area contributed by atoms with Gasteiger partial charge in [-0.3, -0.25) is 5.10 Å². The van der Waals surface area contributed by atoms with Gasteiger partial charge in [0.05, 0.1) is 0 Å². The highest BCUT2D eigenvalue weighted by molar-refractivity contribution is 7.71. The minimum Gasteiger partial charge on any atom is -0.307 e. The molecule has 1 heterocycles. The molecule has 1 atom stereocenters. The molecule has 0 fully saturated rings. The van der Waals surface area contributed by atoms with Crippen molar-refractivity contribution < 1.29 is 0 Å². The highest BCUT2D eigenvalue weighted by atomic mass is 32.1. The van der Waals surface area contributed by atoms with Crippen molar-refractivity contribution in [2.45, 2.75) is 12.3 Å². The van der Waals surface area contributed by atoms with E-state index in [1.54, 1.807) is 0 Å². The van der Waals surface area contributed by atoms with E-state index in [2.05, 4.69) is 34.5 Å². The van der Waals surface area contributed by atoms with Gasteiger partial charge in [0.15, 0.2) is 4.77 Å². The molecule has 0 spiro atoms. The van der Waals surface area contributed by atoms with Crippen molar-refractivity contribution in [1.29, 1.82) is 0 Å². The first-order chi connectivity index (χ1) is 7.27. The Morgan fingerprint density at radius 1 is 1.47 bits per heavy atom. The predicted octanol–water partition coefficient (Wildman–Crippen LogP) is 2.17. The van der Waals surface area contributed by atoms with Gasteiger partial charge in [-0.05, 0) is 29.8 Å². The van der Waals surface area contributed by atoms with Crippen LogP contribution in [0.1, 0.15) is 22.9 Å². The molecule has 1 unspecified atom stereocenters. The molecular weight excluding hydrogens is 206 g/mol. The molecule has 1 aromatic carbocycles. The summed E-state index contributed by atoms with van der Waals surface area (Å²) < 4.78 is 2.64. The lowest BCUT2D eigenvalue weighted by molar-refractivity contribution is 0.624. The zero-order valence-electron chi connectivity index (χ0n) is 8.40. The number of aromatic nitrogens is 3. The highest BCUT2D eigenvalue weighted by Crippen LogP contribution is 2.38. The Kier molecular flexibility index (Phi) is 1.79. The van der Waals surface area contributed by atoms with Crippen LogP contribution in [-0.4, -0.2) is 14.8 Å². The molecule has 1 aliphatic carbocycles. The maximum atomic E-state index is 5.11. The van der Waals surface area contributed by atoms with E-state index in [0.717, 1.165) is 12.2 Å². The van der Waals surface area contributed by atoms with Crippen molar-refractivity contribution in [2.75, 3.05) is 0 Å². The summed E-state index contributed by atoms with van der Waals surface area (Å²) in [6.45, 7) is 0. The van der Waals surface area contributed by atoms with E-state index in [1.807, 2.05) is 11.6 Å². The number of fused-ring (bicyclic) bond motifs is 1. The fourth-order valence-electron chi connectivity index (χ4n) is 2.16. The van der Waals surface area contributed by atoms with Gasteiger partial charge in [-0.1, -0.05) is 24.3 Å². The smallest absolute Gasteiger partial charge is 0.194 e. The van der Waals surface area contributed by atoms with Crippen molar-refractivity contribution >= 4 is 12.2 Å². The van der Waals surface area contributed by atoms with E-state index in [4.69, 9.17) is 12.2 Å². The highest BCUT2D eigenvalue weighted by Gasteiger charge is 2.30. The van der Waals surface area contributed by atoms with E-state index in [9.17, 15) is 0 Å². The van der Waals surface area contributed by atoms with Gasteiger partial charge in [-0.2, -0.15) is 5.10 Å². The second kappa shape index (κ2) is 3.03. The van der Waals surface area contributed by atoms with Gasteiger partial charge in [0.25, 0.3) is 0 Å². The van der Waals surface area contributed by atoms with Gasteiger partial charge in [0, 0.05) is 13.0 Å². The zero-order valence-corrected chi connectivity index (χ0v) is 9.21. The SMILES string of the molecule is Cn1c(C2Cc3ccccc32)n[nH]c1=S. The Bertz CT molecular complexity index is 567. The summed E-state index contributed by atoms with van der Waals surface area (Å²) in [7, 11) is 1.96. The van der Waals surface area contributed by atoms with E-state index in [1.165, 1.54) is 11.1 Å². The molecule has 1 N–H and O–H groups in total. The molecule has 3 rings (SSSR count). The molecular formula is C11H11N3S. The number of nitrogens with one attached hydrogen (secondary N) is 1. The third kappa shape index (κ3) is 1.18. The number of aromatic amines is 1. The van der Waals surface area contributed by atoms with Crippen LogP contribution in [0.3, 0.4) is 0 Å². The van der Waals surface area contributed by atoms with Gasteiger partial charge >= 0.3 is 0 Å². The van der Waals surface area contributed by atoms with E-state index >= 15 is 0 Å². The van der Waals surface area contributed by atoms with E-state index in [-0.39, 0.29) is 0 Å². The minimum absolute atomic E-state index is 0.416. The van der Waals surface area contributed by atoms with Crippen molar-refractivity contribution in [3.8, 4) is 0 Å². The summed E-state index contributed by atoms with van der Waals surface area (Å²) in [5.41, 5.74) is 2.81. The Balaban J connectivity index is 2.07. The largest absolute Gasteiger partial charge is 0.307 e. The number of hydrogen-bond acceptors (Lipinski definition) is 2. The second-order valence-corrected chi connectivity index (χ2v) is 4.29. The average Bonchev–Trinajstić information content (AvgIpc) is 2.52. The first-order valence-electron chi connectivity index (χ1n) is 4.96. The summed E-state index contributed by atoms with van der Waals surface area (Å²) in [6, 6.07) is 8.50. The first kappa shape index (κ1) is 8.85. The molecule has 0 radical (unpaired) electrons. The summed E-state index contributed by atoms with van der Waals surface area (Å²) in [4.78, 5) is 0. The van der Waals surface area contributed by atoms with Crippen LogP contribution in [0.5, 0.6) is 0 Å². The average molecular weight is 217 g/mol. The summed E-state index contributed by atoms with van der Waals surface area (Å²) in [6.07, 6.45) is 1.07. The van der Waals surface area contributed by atoms with Crippen LogP contribution in [0.2, 0.25) is 0 Å². The van der Waals surface area contributed by atoms with Crippen molar-refractivity contribution in [3.63, 3.8) is 0 Å². The predicted molar refractivity (Wildman–Crippen MR) is 60.4 cm³/mol. The Labute approximate surface area is 92.8 Å². The molecule has 2 aromatic rings. The molecule has 76 valence electrons. The number of nitrogens with zero attached hydrogens (tertiary/aromatic N) is 2. The number of H-pyrrole nitrogens is 1. The second-order valence-electron chi connectivity index (χ2n) is 3.90. The van der Waals surface area contributed by atoms with Crippen LogP contribution in [0, 0.1) is 4.77 Å². The van der Waals surface area contributed by atoms with Gasteiger partial charge < -0.3 is 4.57 Å². The lowest BCUT2D eigenvalue weighted by atomic mass is 9.77. The zero-order chi connectivity index (χ0) is 10.4. The van der Waals surface area contributed by atoms with Crippen LogP contribution < -0.4 is 0 Å². The standard InChI is InChI=1S/C11H11N3S/c1-14-10(12-13-11(14)15)9-6-7-4-2-3-5-8(7)9/h2-5,9H,6H2,1H3,(H,13,15). The monoisotopic (exact) mass is 217 g/mol. The summed E-state index contributed by atoms with van der Waals surface area (Å²) in [5, 5.41) is 7.11. The topological polar surface area (TPSA) is 33.6 Å². The number of hydrogen-bond donors (Lipinski definition) is 1. The fourth-order valence-corrected chi connectivity index (χ4v) is 2.30. The molecule has 0 saturated heterocycles. The van der Waals surface area contributed by atoms with Crippen LogP contribution in [0.4, 0.5) is 0 Å². The molecule has 0 saturated carbocycles. The van der Waals surface area contributed by atoms with Crippen LogP contribution in [-0.2, 0) is 13.5 Å². The van der Waals surface area contributed by atoms with Crippen molar-refractivity contribution in [2.24, 2.45) is 7.05 Å². The molecule has 15 heavy (non-hydrogen) atoms. The maximum Gasteiger partial charge on any atom is 0.194 e. The Morgan fingerprint density at radius 2 is 2.27 bits per heavy atom. The van der Waals surface area contributed by atoms with E-state index < -0.39 is 0 Å². The maximum absolute atomic E-state index is 5.11.